The lowest BCUT2D eigenvalue weighted by molar-refractivity contribution is -0.384. The minimum atomic E-state index is -0.379. The van der Waals surface area contributed by atoms with Crippen LogP contribution in [0.1, 0.15) is 5.56 Å². The molecule has 1 N–H and O–H groups in total. The van der Waals surface area contributed by atoms with Crippen molar-refractivity contribution in [3.63, 3.8) is 0 Å². The van der Waals surface area contributed by atoms with E-state index < -0.39 is 0 Å². The molecule has 1 saturated heterocycles. The second kappa shape index (κ2) is 10.8. The summed E-state index contributed by atoms with van der Waals surface area (Å²) in [6.07, 6.45) is 0. The van der Waals surface area contributed by atoms with Crippen LogP contribution in [0.3, 0.4) is 0 Å². The summed E-state index contributed by atoms with van der Waals surface area (Å²) < 4.78 is 5.29. The molecule has 1 heterocycles. The van der Waals surface area contributed by atoms with Crippen molar-refractivity contribution < 1.29 is 9.66 Å². The van der Waals surface area contributed by atoms with Gasteiger partial charge in [0.1, 0.15) is 0 Å². The molecule has 8 heteroatoms. The third kappa shape index (κ3) is 7.06. The van der Waals surface area contributed by atoms with E-state index in [2.05, 4.69) is 10.2 Å². The molecule has 0 aliphatic carbocycles. The Morgan fingerprint density at radius 2 is 1.81 bits per heavy atom. The maximum absolute atomic E-state index is 10.5. The van der Waals surface area contributed by atoms with Gasteiger partial charge in [-0.25, -0.2) is 0 Å². The number of non-ortho nitro benzene ring substituents is 1. The molecule has 1 fully saturated rings. The smallest absolute Gasteiger partial charge is 0.269 e. The predicted molar refractivity (Wildman–Crippen MR) is 86.6 cm³/mol. The predicted octanol–water partition coefficient (Wildman–Crippen LogP) is 1.86. The van der Waals surface area contributed by atoms with Gasteiger partial charge in [0.25, 0.3) is 5.69 Å². The molecule has 1 aromatic rings. The highest BCUT2D eigenvalue weighted by Crippen LogP contribution is 2.11. The average Bonchev–Trinajstić information content (AvgIpc) is 2.45. The summed E-state index contributed by atoms with van der Waals surface area (Å²) in [4.78, 5) is 12.5. The number of morpholine rings is 1. The van der Waals surface area contributed by atoms with E-state index in [1.54, 1.807) is 24.3 Å². The van der Waals surface area contributed by atoms with Crippen LogP contribution in [0.4, 0.5) is 5.69 Å². The summed E-state index contributed by atoms with van der Waals surface area (Å²) >= 11 is 0. The lowest BCUT2D eigenvalue weighted by Gasteiger charge is -2.26. The van der Waals surface area contributed by atoms with Gasteiger partial charge in [-0.1, -0.05) is 12.1 Å². The van der Waals surface area contributed by atoms with E-state index in [0.717, 1.165) is 51.5 Å². The molecule has 0 radical (unpaired) electrons. The Hall–Kier alpha value is -0.920. The van der Waals surface area contributed by atoms with E-state index in [-0.39, 0.29) is 35.4 Å². The fraction of sp³-hybridized carbons (Fsp3) is 0.538. The van der Waals surface area contributed by atoms with Crippen molar-refractivity contribution in [3.8, 4) is 0 Å². The zero-order valence-corrected chi connectivity index (χ0v) is 13.3. The Labute approximate surface area is 136 Å². The fourth-order valence-electron chi connectivity index (χ4n) is 2.03. The number of hydrogen-bond acceptors (Lipinski definition) is 5. The molecule has 120 valence electrons. The van der Waals surface area contributed by atoms with E-state index in [1.165, 1.54) is 0 Å². The number of nitro groups is 1. The fourth-order valence-corrected chi connectivity index (χ4v) is 2.03. The number of rotatable bonds is 6. The molecule has 1 aromatic carbocycles. The van der Waals surface area contributed by atoms with Crippen LogP contribution in [0.5, 0.6) is 0 Å². The van der Waals surface area contributed by atoms with Crippen LogP contribution < -0.4 is 5.32 Å². The van der Waals surface area contributed by atoms with Crippen LogP contribution in [0, 0.1) is 10.1 Å². The Morgan fingerprint density at radius 1 is 1.19 bits per heavy atom. The van der Waals surface area contributed by atoms with Gasteiger partial charge >= 0.3 is 0 Å². The molecule has 0 bridgehead atoms. The van der Waals surface area contributed by atoms with Crippen LogP contribution >= 0.6 is 24.8 Å². The van der Waals surface area contributed by atoms with Crippen LogP contribution in [0.2, 0.25) is 0 Å². The first-order valence-electron chi connectivity index (χ1n) is 6.50. The minimum Gasteiger partial charge on any atom is -0.379 e. The summed E-state index contributed by atoms with van der Waals surface area (Å²) in [7, 11) is 0. The van der Waals surface area contributed by atoms with E-state index in [9.17, 15) is 10.1 Å². The van der Waals surface area contributed by atoms with Crippen molar-refractivity contribution in [2.45, 2.75) is 6.54 Å². The Balaban J connectivity index is 0.00000200. The maximum Gasteiger partial charge on any atom is 0.269 e. The van der Waals surface area contributed by atoms with E-state index in [1.807, 2.05) is 0 Å². The zero-order chi connectivity index (χ0) is 13.5. The van der Waals surface area contributed by atoms with Crippen molar-refractivity contribution in [2.24, 2.45) is 0 Å². The van der Waals surface area contributed by atoms with E-state index >= 15 is 0 Å². The highest BCUT2D eigenvalue weighted by Gasteiger charge is 2.09. The quantitative estimate of drug-likeness (QED) is 0.487. The third-order valence-corrected chi connectivity index (χ3v) is 3.18. The van der Waals surface area contributed by atoms with Gasteiger partial charge in [0.15, 0.2) is 0 Å². The number of hydrogen-bond donors (Lipinski definition) is 1. The second-order valence-electron chi connectivity index (χ2n) is 4.55. The van der Waals surface area contributed by atoms with Crippen molar-refractivity contribution in [2.75, 3.05) is 39.4 Å². The molecule has 2 rings (SSSR count). The Kier molecular flexibility index (Phi) is 10.3. The lowest BCUT2D eigenvalue weighted by Crippen LogP contribution is -2.40. The van der Waals surface area contributed by atoms with Crippen LogP contribution in [-0.2, 0) is 11.3 Å². The summed E-state index contributed by atoms with van der Waals surface area (Å²) in [5.41, 5.74) is 1.20. The van der Waals surface area contributed by atoms with Crippen molar-refractivity contribution in [3.05, 3.63) is 39.9 Å². The number of benzene rings is 1. The van der Waals surface area contributed by atoms with Crippen LogP contribution in [0.15, 0.2) is 24.3 Å². The van der Waals surface area contributed by atoms with Crippen LogP contribution in [0.25, 0.3) is 0 Å². The molecule has 0 atom stereocenters. The highest BCUT2D eigenvalue weighted by molar-refractivity contribution is 5.85. The summed E-state index contributed by atoms with van der Waals surface area (Å²) in [6, 6.07) is 6.66. The largest absolute Gasteiger partial charge is 0.379 e. The molecular weight excluding hydrogens is 317 g/mol. The molecular formula is C13H21Cl2N3O3. The lowest BCUT2D eigenvalue weighted by atomic mass is 10.2. The second-order valence-corrected chi connectivity index (χ2v) is 4.55. The molecule has 0 amide bonds. The number of nitro benzene ring substituents is 1. The van der Waals surface area contributed by atoms with Crippen molar-refractivity contribution in [1.82, 2.24) is 10.2 Å². The zero-order valence-electron chi connectivity index (χ0n) is 11.7. The van der Waals surface area contributed by atoms with E-state index in [0.29, 0.717) is 0 Å². The van der Waals surface area contributed by atoms with E-state index in [4.69, 9.17) is 4.74 Å². The highest BCUT2D eigenvalue weighted by atomic mass is 35.5. The number of nitrogens with one attached hydrogen (secondary N) is 1. The monoisotopic (exact) mass is 337 g/mol. The van der Waals surface area contributed by atoms with Gasteiger partial charge < -0.3 is 10.1 Å². The Morgan fingerprint density at radius 3 is 2.38 bits per heavy atom. The van der Waals surface area contributed by atoms with Gasteiger partial charge in [-0.2, -0.15) is 0 Å². The number of halogens is 2. The SMILES string of the molecule is Cl.Cl.O=[N+]([O-])c1ccc(CNCCN2CCOCC2)cc1. The van der Waals surface area contributed by atoms with Gasteiger partial charge in [0, 0.05) is 44.9 Å². The molecule has 6 nitrogen and oxygen atoms in total. The summed E-state index contributed by atoms with van der Waals surface area (Å²) in [5, 5.41) is 13.9. The van der Waals surface area contributed by atoms with Crippen LogP contribution in [-0.4, -0.2) is 49.2 Å². The molecule has 1 aliphatic heterocycles. The first kappa shape index (κ1) is 20.1. The number of ether oxygens (including phenoxy) is 1. The normalized spacial score (nSPS) is 14.9. The standard InChI is InChI=1S/C13H19N3O3.2ClH/c17-16(18)13-3-1-12(2-4-13)11-14-5-6-15-7-9-19-10-8-15;;/h1-4,14H,5-11H2;2*1H. The first-order valence-corrected chi connectivity index (χ1v) is 6.50. The minimum absolute atomic E-state index is 0. The molecule has 21 heavy (non-hydrogen) atoms. The van der Waals surface area contributed by atoms with Gasteiger partial charge in [0.05, 0.1) is 18.1 Å². The molecule has 0 spiro atoms. The molecule has 0 saturated carbocycles. The third-order valence-electron chi connectivity index (χ3n) is 3.18. The van der Waals surface area contributed by atoms with Gasteiger partial charge in [-0.05, 0) is 5.56 Å². The topological polar surface area (TPSA) is 67.6 Å². The first-order chi connectivity index (χ1) is 9.25. The molecule has 0 aromatic heterocycles. The molecule has 0 unspecified atom stereocenters. The van der Waals surface area contributed by atoms with Crippen molar-refractivity contribution >= 4 is 30.5 Å². The molecule has 1 aliphatic rings. The van der Waals surface area contributed by atoms with Gasteiger partial charge in [0.2, 0.25) is 0 Å². The number of nitrogens with zero attached hydrogens (tertiary/aromatic N) is 2. The van der Waals surface area contributed by atoms with Gasteiger partial charge in [-0.15, -0.1) is 24.8 Å². The van der Waals surface area contributed by atoms with Crippen molar-refractivity contribution in [1.29, 1.82) is 0 Å². The van der Waals surface area contributed by atoms with Gasteiger partial charge in [-0.3, -0.25) is 15.0 Å². The maximum atomic E-state index is 10.5. The Bertz CT molecular complexity index is 412. The summed E-state index contributed by atoms with van der Waals surface area (Å²) in [5.74, 6) is 0. The average molecular weight is 338 g/mol. The summed E-state index contributed by atoms with van der Waals surface area (Å²) in [6.45, 7) is 6.30.